The second-order valence-corrected chi connectivity index (χ2v) is 6.20. The lowest BCUT2D eigenvalue weighted by Crippen LogP contribution is -2.44. The van der Waals surface area contributed by atoms with E-state index in [-0.39, 0.29) is 5.54 Å². The average molecular weight is 285 g/mol. The molecular weight excluding hydrogens is 262 g/mol. The molecule has 1 heterocycles. The van der Waals surface area contributed by atoms with Crippen molar-refractivity contribution in [3.8, 4) is 5.75 Å². The van der Waals surface area contributed by atoms with Crippen LogP contribution in [-0.2, 0) is 4.74 Å². The van der Waals surface area contributed by atoms with Gasteiger partial charge in [0.05, 0.1) is 13.7 Å². The van der Waals surface area contributed by atoms with E-state index in [9.17, 15) is 0 Å². The standard InChI is InChI=1S/C18H23NO2/c1-13(19-18(2)8-9-21-12-18)14-4-5-16-11-17(20-3)7-6-15(16)10-14/h4-7,10-11,13,19H,8-9,12H2,1-3H3. The first kappa shape index (κ1) is 14.4. The van der Waals surface area contributed by atoms with Gasteiger partial charge in [-0.3, -0.25) is 0 Å². The molecule has 0 aliphatic carbocycles. The third-order valence-corrected chi connectivity index (χ3v) is 4.36. The number of benzene rings is 2. The third-order valence-electron chi connectivity index (χ3n) is 4.36. The molecule has 1 fully saturated rings. The molecule has 1 aliphatic rings. The van der Waals surface area contributed by atoms with Gasteiger partial charge in [-0.2, -0.15) is 0 Å². The van der Waals surface area contributed by atoms with Crippen molar-refractivity contribution >= 4 is 10.8 Å². The Morgan fingerprint density at radius 3 is 2.67 bits per heavy atom. The molecule has 0 saturated carbocycles. The maximum Gasteiger partial charge on any atom is 0.119 e. The number of fused-ring (bicyclic) bond motifs is 1. The van der Waals surface area contributed by atoms with Crippen molar-refractivity contribution in [2.24, 2.45) is 0 Å². The van der Waals surface area contributed by atoms with E-state index in [1.807, 2.05) is 6.07 Å². The van der Waals surface area contributed by atoms with Gasteiger partial charge >= 0.3 is 0 Å². The monoisotopic (exact) mass is 285 g/mol. The van der Waals surface area contributed by atoms with Gasteiger partial charge in [-0.1, -0.05) is 18.2 Å². The van der Waals surface area contributed by atoms with Crippen LogP contribution in [0.3, 0.4) is 0 Å². The topological polar surface area (TPSA) is 30.5 Å². The van der Waals surface area contributed by atoms with Crippen LogP contribution < -0.4 is 10.1 Å². The zero-order valence-corrected chi connectivity index (χ0v) is 13.0. The summed E-state index contributed by atoms with van der Waals surface area (Å²) in [4.78, 5) is 0. The summed E-state index contributed by atoms with van der Waals surface area (Å²) in [7, 11) is 1.70. The van der Waals surface area contributed by atoms with Crippen molar-refractivity contribution in [2.75, 3.05) is 20.3 Å². The molecule has 1 saturated heterocycles. The minimum absolute atomic E-state index is 0.0915. The Kier molecular flexibility index (Phi) is 3.87. The molecule has 2 aromatic carbocycles. The fourth-order valence-electron chi connectivity index (χ4n) is 3.03. The van der Waals surface area contributed by atoms with Crippen molar-refractivity contribution in [1.82, 2.24) is 5.32 Å². The lowest BCUT2D eigenvalue weighted by Gasteiger charge is -2.28. The Hall–Kier alpha value is -1.58. The number of ether oxygens (including phenoxy) is 2. The molecule has 2 atom stereocenters. The zero-order valence-electron chi connectivity index (χ0n) is 13.0. The minimum Gasteiger partial charge on any atom is -0.497 e. The number of methoxy groups -OCH3 is 1. The van der Waals surface area contributed by atoms with Crippen molar-refractivity contribution in [3.05, 3.63) is 42.0 Å². The van der Waals surface area contributed by atoms with Gasteiger partial charge in [-0.05, 0) is 54.8 Å². The van der Waals surface area contributed by atoms with Gasteiger partial charge in [-0.15, -0.1) is 0 Å². The second kappa shape index (κ2) is 5.66. The van der Waals surface area contributed by atoms with Gasteiger partial charge in [0.15, 0.2) is 0 Å². The molecule has 3 rings (SSSR count). The Morgan fingerprint density at radius 1 is 1.19 bits per heavy atom. The number of hydrogen-bond donors (Lipinski definition) is 1. The maximum absolute atomic E-state index is 5.52. The molecular formula is C18H23NO2. The Morgan fingerprint density at radius 2 is 1.95 bits per heavy atom. The zero-order chi connectivity index (χ0) is 14.9. The number of nitrogens with one attached hydrogen (secondary N) is 1. The maximum atomic E-state index is 5.52. The van der Waals surface area contributed by atoms with Gasteiger partial charge < -0.3 is 14.8 Å². The van der Waals surface area contributed by atoms with E-state index in [1.165, 1.54) is 16.3 Å². The van der Waals surface area contributed by atoms with Crippen LogP contribution in [0.5, 0.6) is 5.75 Å². The molecule has 1 N–H and O–H groups in total. The van der Waals surface area contributed by atoms with E-state index in [0.717, 1.165) is 25.4 Å². The lowest BCUT2D eigenvalue weighted by molar-refractivity contribution is 0.167. The molecule has 3 heteroatoms. The van der Waals surface area contributed by atoms with Crippen LogP contribution in [0.25, 0.3) is 10.8 Å². The molecule has 21 heavy (non-hydrogen) atoms. The molecule has 1 aliphatic heterocycles. The molecule has 0 amide bonds. The average Bonchev–Trinajstić information content (AvgIpc) is 2.92. The van der Waals surface area contributed by atoms with Gasteiger partial charge in [0.25, 0.3) is 0 Å². The summed E-state index contributed by atoms with van der Waals surface area (Å²) >= 11 is 0. The summed E-state index contributed by atoms with van der Waals surface area (Å²) in [6.45, 7) is 6.10. The smallest absolute Gasteiger partial charge is 0.119 e. The van der Waals surface area contributed by atoms with Crippen LogP contribution in [0.15, 0.2) is 36.4 Å². The summed E-state index contributed by atoms with van der Waals surface area (Å²) in [5.74, 6) is 0.900. The molecule has 2 aromatic rings. The van der Waals surface area contributed by atoms with E-state index < -0.39 is 0 Å². The van der Waals surface area contributed by atoms with E-state index in [4.69, 9.17) is 9.47 Å². The fourth-order valence-corrected chi connectivity index (χ4v) is 3.03. The fraction of sp³-hybridized carbons (Fsp3) is 0.444. The van der Waals surface area contributed by atoms with E-state index in [1.54, 1.807) is 7.11 Å². The van der Waals surface area contributed by atoms with Gasteiger partial charge in [0, 0.05) is 18.2 Å². The van der Waals surface area contributed by atoms with Crippen molar-refractivity contribution < 1.29 is 9.47 Å². The van der Waals surface area contributed by atoms with Gasteiger partial charge in [-0.25, -0.2) is 0 Å². The molecule has 0 radical (unpaired) electrons. The Bertz CT molecular complexity index is 632. The van der Waals surface area contributed by atoms with Gasteiger partial charge in [0.2, 0.25) is 0 Å². The molecule has 0 aromatic heterocycles. The summed E-state index contributed by atoms with van der Waals surface area (Å²) < 4.78 is 10.8. The van der Waals surface area contributed by atoms with Crippen molar-refractivity contribution in [1.29, 1.82) is 0 Å². The van der Waals surface area contributed by atoms with E-state index >= 15 is 0 Å². The van der Waals surface area contributed by atoms with Gasteiger partial charge in [0.1, 0.15) is 5.75 Å². The van der Waals surface area contributed by atoms with Crippen LogP contribution in [0, 0.1) is 0 Å². The van der Waals surface area contributed by atoms with Crippen LogP contribution in [0.4, 0.5) is 0 Å². The normalized spacial score (nSPS) is 23.4. The first-order valence-corrected chi connectivity index (χ1v) is 7.53. The molecule has 112 valence electrons. The molecule has 0 spiro atoms. The van der Waals surface area contributed by atoms with Crippen LogP contribution in [0.2, 0.25) is 0 Å². The quantitative estimate of drug-likeness (QED) is 0.929. The Balaban J connectivity index is 1.83. The van der Waals surface area contributed by atoms with Crippen LogP contribution >= 0.6 is 0 Å². The van der Waals surface area contributed by atoms with E-state index in [0.29, 0.717) is 6.04 Å². The Labute approximate surface area is 126 Å². The highest BCUT2D eigenvalue weighted by atomic mass is 16.5. The largest absolute Gasteiger partial charge is 0.497 e. The number of hydrogen-bond acceptors (Lipinski definition) is 3. The highest BCUT2D eigenvalue weighted by Gasteiger charge is 2.30. The summed E-state index contributed by atoms with van der Waals surface area (Å²) in [5, 5.41) is 6.16. The van der Waals surface area contributed by atoms with E-state index in [2.05, 4.69) is 49.5 Å². The predicted octanol–water partition coefficient (Wildman–Crippen LogP) is 3.68. The molecule has 0 bridgehead atoms. The summed E-state index contributed by atoms with van der Waals surface area (Å²) in [5.41, 5.74) is 1.40. The minimum atomic E-state index is 0.0915. The highest BCUT2D eigenvalue weighted by Crippen LogP contribution is 2.27. The lowest BCUT2D eigenvalue weighted by atomic mass is 9.97. The summed E-state index contributed by atoms with van der Waals surface area (Å²) in [6.07, 6.45) is 1.07. The van der Waals surface area contributed by atoms with Crippen molar-refractivity contribution in [3.63, 3.8) is 0 Å². The molecule has 2 unspecified atom stereocenters. The highest BCUT2D eigenvalue weighted by molar-refractivity contribution is 5.84. The molecule has 3 nitrogen and oxygen atoms in total. The predicted molar refractivity (Wildman–Crippen MR) is 85.9 cm³/mol. The third kappa shape index (κ3) is 3.04. The first-order valence-electron chi connectivity index (χ1n) is 7.53. The van der Waals surface area contributed by atoms with Crippen LogP contribution in [-0.4, -0.2) is 25.9 Å². The first-order chi connectivity index (χ1) is 10.1. The van der Waals surface area contributed by atoms with Crippen LogP contribution in [0.1, 0.15) is 31.9 Å². The second-order valence-electron chi connectivity index (χ2n) is 6.20. The SMILES string of the molecule is COc1ccc2cc(C(C)NC3(C)CCOC3)ccc2c1. The summed E-state index contributed by atoms with van der Waals surface area (Å²) in [6, 6.07) is 13.1. The van der Waals surface area contributed by atoms with Crippen molar-refractivity contribution in [2.45, 2.75) is 31.8 Å². The number of rotatable bonds is 4.